The van der Waals surface area contributed by atoms with E-state index in [4.69, 9.17) is 4.74 Å². The van der Waals surface area contributed by atoms with E-state index < -0.39 is 0 Å². The molecule has 0 saturated carbocycles. The molecule has 5 heteroatoms. The Morgan fingerprint density at radius 1 is 1.36 bits per heavy atom. The van der Waals surface area contributed by atoms with Gasteiger partial charge in [0.25, 0.3) is 0 Å². The van der Waals surface area contributed by atoms with Gasteiger partial charge in [0.1, 0.15) is 11.4 Å². The van der Waals surface area contributed by atoms with E-state index in [9.17, 15) is 4.39 Å². The molecule has 3 rings (SSSR count). The number of halogens is 1. The molecule has 0 bridgehead atoms. The highest BCUT2D eigenvalue weighted by atomic mass is 19.1. The van der Waals surface area contributed by atoms with Crippen LogP contribution in [0.3, 0.4) is 0 Å². The zero-order valence-electron chi connectivity index (χ0n) is 13.1. The van der Waals surface area contributed by atoms with E-state index in [1.54, 1.807) is 10.7 Å². The number of ether oxygens (including phenoxy) is 1. The zero-order chi connectivity index (χ0) is 15.6. The van der Waals surface area contributed by atoms with Crippen LogP contribution in [0.2, 0.25) is 0 Å². The molecular weight excluding hydrogens is 281 g/mol. The van der Waals surface area contributed by atoms with Gasteiger partial charge in [0.05, 0.1) is 12.8 Å². The van der Waals surface area contributed by atoms with Gasteiger partial charge in [-0.1, -0.05) is 18.2 Å². The Labute approximate surface area is 130 Å². The van der Waals surface area contributed by atoms with Crippen molar-refractivity contribution in [2.24, 2.45) is 7.05 Å². The van der Waals surface area contributed by atoms with Crippen molar-refractivity contribution in [3.63, 3.8) is 0 Å². The van der Waals surface area contributed by atoms with Crippen molar-refractivity contribution >= 4 is 0 Å². The third-order valence-corrected chi connectivity index (χ3v) is 4.32. The third-order valence-electron chi connectivity index (χ3n) is 4.32. The number of aryl methyl sites for hydroxylation is 1. The van der Waals surface area contributed by atoms with Crippen molar-refractivity contribution in [3.05, 3.63) is 53.6 Å². The Morgan fingerprint density at radius 3 is 2.91 bits per heavy atom. The lowest BCUT2D eigenvalue weighted by Gasteiger charge is -2.40. The molecule has 22 heavy (non-hydrogen) atoms. The first-order valence-electron chi connectivity index (χ1n) is 7.66. The molecule has 2 heterocycles. The molecular formula is C17H22FN3O. The topological polar surface area (TPSA) is 30.3 Å². The second-order valence-electron chi connectivity index (χ2n) is 6.10. The standard InChI is InChI=1S/C17H22FN3O/c1-17(15-11-19-20(2)12-15)13-21(9-10-22-17)8-7-14-5-3-4-6-16(14)18/h3-6,11-12H,7-10,13H2,1-2H3/t17-/m1/s1. The van der Waals surface area contributed by atoms with E-state index in [0.29, 0.717) is 6.61 Å². The van der Waals surface area contributed by atoms with E-state index in [1.807, 2.05) is 31.6 Å². The van der Waals surface area contributed by atoms with Crippen molar-refractivity contribution in [2.75, 3.05) is 26.2 Å². The van der Waals surface area contributed by atoms with Gasteiger partial charge in [-0.15, -0.1) is 0 Å². The van der Waals surface area contributed by atoms with Crippen LogP contribution in [0.25, 0.3) is 0 Å². The minimum atomic E-state index is -0.345. The van der Waals surface area contributed by atoms with E-state index >= 15 is 0 Å². The van der Waals surface area contributed by atoms with E-state index in [1.165, 1.54) is 6.07 Å². The molecule has 1 atom stereocenters. The maximum absolute atomic E-state index is 13.7. The Bertz CT molecular complexity index is 642. The van der Waals surface area contributed by atoms with Crippen LogP contribution in [0.15, 0.2) is 36.7 Å². The van der Waals surface area contributed by atoms with Crippen LogP contribution in [0.1, 0.15) is 18.1 Å². The van der Waals surface area contributed by atoms with Gasteiger partial charge >= 0.3 is 0 Å². The maximum atomic E-state index is 13.7. The lowest BCUT2D eigenvalue weighted by molar-refractivity contribution is -0.103. The van der Waals surface area contributed by atoms with Crippen molar-refractivity contribution in [1.29, 1.82) is 0 Å². The highest BCUT2D eigenvalue weighted by Crippen LogP contribution is 2.29. The average molecular weight is 303 g/mol. The van der Waals surface area contributed by atoms with Crippen LogP contribution in [0.4, 0.5) is 4.39 Å². The Morgan fingerprint density at radius 2 is 2.18 bits per heavy atom. The summed E-state index contributed by atoms with van der Waals surface area (Å²) in [6, 6.07) is 7.00. The zero-order valence-corrected chi connectivity index (χ0v) is 13.1. The van der Waals surface area contributed by atoms with Gasteiger partial charge in [0.15, 0.2) is 0 Å². The smallest absolute Gasteiger partial charge is 0.126 e. The second-order valence-corrected chi connectivity index (χ2v) is 6.10. The maximum Gasteiger partial charge on any atom is 0.126 e. The number of hydrogen-bond acceptors (Lipinski definition) is 3. The monoisotopic (exact) mass is 303 g/mol. The summed E-state index contributed by atoms with van der Waals surface area (Å²) in [4.78, 5) is 2.34. The van der Waals surface area contributed by atoms with Crippen molar-refractivity contribution in [1.82, 2.24) is 14.7 Å². The lowest BCUT2D eigenvalue weighted by atomic mass is 9.96. The van der Waals surface area contributed by atoms with Gasteiger partial charge in [-0.3, -0.25) is 9.58 Å². The van der Waals surface area contributed by atoms with Crippen LogP contribution in [0, 0.1) is 5.82 Å². The van der Waals surface area contributed by atoms with Crippen molar-refractivity contribution < 1.29 is 9.13 Å². The minimum Gasteiger partial charge on any atom is -0.368 e. The van der Waals surface area contributed by atoms with Crippen LogP contribution in [-0.2, 0) is 23.8 Å². The molecule has 1 aromatic heterocycles. The first-order chi connectivity index (χ1) is 10.6. The summed E-state index contributed by atoms with van der Waals surface area (Å²) >= 11 is 0. The SMILES string of the molecule is Cn1cc([C@@]2(C)CN(CCc3ccccc3F)CCO2)cn1. The third kappa shape index (κ3) is 3.20. The van der Waals surface area contributed by atoms with E-state index in [-0.39, 0.29) is 11.4 Å². The summed E-state index contributed by atoms with van der Waals surface area (Å²) in [6.07, 6.45) is 4.58. The van der Waals surface area contributed by atoms with Gasteiger partial charge in [0.2, 0.25) is 0 Å². The number of aromatic nitrogens is 2. The highest BCUT2D eigenvalue weighted by Gasteiger charge is 2.34. The number of hydrogen-bond donors (Lipinski definition) is 0. The summed E-state index contributed by atoms with van der Waals surface area (Å²) in [5, 5.41) is 4.24. The molecule has 0 radical (unpaired) electrons. The summed E-state index contributed by atoms with van der Waals surface area (Å²) in [5.74, 6) is -0.120. The first kappa shape index (κ1) is 15.2. The molecule has 0 unspecified atom stereocenters. The summed E-state index contributed by atoms with van der Waals surface area (Å²) in [6.45, 7) is 5.29. The van der Waals surface area contributed by atoms with Gasteiger partial charge < -0.3 is 4.74 Å². The predicted octanol–water partition coefficient (Wildman–Crippen LogP) is 2.35. The molecule has 1 aliphatic rings. The molecule has 1 saturated heterocycles. The summed E-state index contributed by atoms with van der Waals surface area (Å²) in [5.41, 5.74) is 1.52. The number of nitrogens with zero attached hydrogens (tertiary/aromatic N) is 3. The number of benzene rings is 1. The van der Waals surface area contributed by atoms with Gasteiger partial charge in [-0.2, -0.15) is 5.10 Å². The molecule has 0 N–H and O–H groups in total. The molecule has 0 amide bonds. The van der Waals surface area contributed by atoms with Crippen LogP contribution in [0.5, 0.6) is 0 Å². The fourth-order valence-electron chi connectivity index (χ4n) is 2.99. The minimum absolute atomic E-state index is 0.120. The van der Waals surface area contributed by atoms with Crippen LogP contribution < -0.4 is 0 Å². The van der Waals surface area contributed by atoms with Gasteiger partial charge in [-0.05, 0) is 25.0 Å². The first-order valence-corrected chi connectivity index (χ1v) is 7.66. The predicted molar refractivity (Wildman–Crippen MR) is 83.1 cm³/mol. The summed E-state index contributed by atoms with van der Waals surface area (Å²) in [7, 11) is 1.91. The Balaban J connectivity index is 1.65. The number of morpholine rings is 1. The molecule has 0 aliphatic carbocycles. The fraction of sp³-hybridized carbons (Fsp3) is 0.471. The molecule has 1 aliphatic heterocycles. The van der Waals surface area contributed by atoms with Crippen LogP contribution >= 0.6 is 0 Å². The number of rotatable bonds is 4. The molecule has 0 spiro atoms. The highest BCUT2D eigenvalue weighted by molar-refractivity contribution is 5.18. The molecule has 4 nitrogen and oxygen atoms in total. The van der Waals surface area contributed by atoms with E-state index in [0.717, 1.165) is 37.2 Å². The van der Waals surface area contributed by atoms with Gasteiger partial charge in [0, 0.05) is 38.4 Å². The van der Waals surface area contributed by atoms with Crippen molar-refractivity contribution in [3.8, 4) is 0 Å². The van der Waals surface area contributed by atoms with Crippen molar-refractivity contribution in [2.45, 2.75) is 18.9 Å². The van der Waals surface area contributed by atoms with Crippen LogP contribution in [-0.4, -0.2) is 40.9 Å². The molecule has 1 fully saturated rings. The largest absolute Gasteiger partial charge is 0.368 e. The average Bonchev–Trinajstić information content (AvgIpc) is 2.94. The fourth-order valence-corrected chi connectivity index (χ4v) is 2.99. The molecule has 118 valence electrons. The van der Waals surface area contributed by atoms with E-state index in [2.05, 4.69) is 16.9 Å². The lowest BCUT2D eigenvalue weighted by Crippen LogP contribution is -2.48. The Hall–Kier alpha value is -1.72. The molecule has 1 aromatic carbocycles. The summed E-state index contributed by atoms with van der Waals surface area (Å²) < 4.78 is 21.5. The Kier molecular flexibility index (Phi) is 4.27. The van der Waals surface area contributed by atoms with Gasteiger partial charge in [-0.25, -0.2) is 4.39 Å². The normalized spacial score (nSPS) is 22.9. The second kappa shape index (κ2) is 6.18. The molecule has 2 aromatic rings. The quantitative estimate of drug-likeness (QED) is 0.868.